The molecule has 7 heteroatoms. The van der Waals surface area contributed by atoms with Gasteiger partial charge in [-0.05, 0) is 37.0 Å². The standard InChI is InChI=1S/C19H19N7/c1-11-10-16(26-25-11)22-19-23-17-14(8-9-20-17)18(24-19)21-15-7-6-12-4-2-3-5-13(12)15/h2-5,8-10,15H,6-7H2,1H3,(H4,20,21,22,23,24,25,26)/t15-/m1/s1. The first kappa shape index (κ1) is 14.9. The van der Waals surface area contributed by atoms with E-state index in [1.807, 2.05) is 25.3 Å². The number of aromatic nitrogens is 5. The Labute approximate surface area is 150 Å². The Morgan fingerprint density at radius 1 is 1.15 bits per heavy atom. The average molecular weight is 345 g/mol. The molecule has 0 saturated heterocycles. The third-order valence-corrected chi connectivity index (χ3v) is 4.81. The topological polar surface area (TPSA) is 94.3 Å². The van der Waals surface area contributed by atoms with Gasteiger partial charge < -0.3 is 15.6 Å². The summed E-state index contributed by atoms with van der Waals surface area (Å²) in [4.78, 5) is 12.4. The second-order valence-corrected chi connectivity index (χ2v) is 6.63. The van der Waals surface area contributed by atoms with Gasteiger partial charge in [0.05, 0.1) is 11.4 Å². The fraction of sp³-hybridized carbons (Fsp3) is 0.211. The molecule has 0 spiro atoms. The number of H-pyrrole nitrogens is 2. The summed E-state index contributed by atoms with van der Waals surface area (Å²) >= 11 is 0. The van der Waals surface area contributed by atoms with Gasteiger partial charge in [0.1, 0.15) is 11.5 Å². The zero-order chi connectivity index (χ0) is 17.5. The molecule has 5 rings (SSSR count). The molecule has 130 valence electrons. The van der Waals surface area contributed by atoms with Crippen molar-refractivity contribution in [3.05, 3.63) is 59.4 Å². The van der Waals surface area contributed by atoms with E-state index >= 15 is 0 Å². The van der Waals surface area contributed by atoms with Gasteiger partial charge in [-0.25, -0.2) is 0 Å². The molecule has 1 aliphatic rings. The number of nitrogens with one attached hydrogen (secondary N) is 4. The molecule has 4 aromatic rings. The summed E-state index contributed by atoms with van der Waals surface area (Å²) in [7, 11) is 0. The third-order valence-electron chi connectivity index (χ3n) is 4.81. The minimum atomic E-state index is 0.264. The van der Waals surface area contributed by atoms with Crippen molar-refractivity contribution in [1.29, 1.82) is 0 Å². The normalized spacial score (nSPS) is 16.0. The molecule has 26 heavy (non-hydrogen) atoms. The molecule has 0 radical (unpaired) electrons. The van der Waals surface area contributed by atoms with E-state index in [9.17, 15) is 0 Å². The second-order valence-electron chi connectivity index (χ2n) is 6.63. The van der Waals surface area contributed by atoms with Gasteiger partial charge in [-0.3, -0.25) is 5.10 Å². The fourth-order valence-electron chi connectivity index (χ4n) is 3.58. The van der Waals surface area contributed by atoms with Crippen molar-refractivity contribution in [3.8, 4) is 0 Å². The maximum absolute atomic E-state index is 4.71. The van der Waals surface area contributed by atoms with E-state index in [0.717, 1.165) is 35.4 Å². The molecule has 0 saturated carbocycles. The van der Waals surface area contributed by atoms with Crippen LogP contribution in [0.4, 0.5) is 17.6 Å². The van der Waals surface area contributed by atoms with Gasteiger partial charge in [0, 0.05) is 18.0 Å². The number of anilines is 3. The molecule has 0 aliphatic heterocycles. The third kappa shape index (κ3) is 2.57. The van der Waals surface area contributed by atoms with Gasteiger partial charge in [0.15, 0.2) is 5.82 Å². The van der Waals surface area contributed by atoms with Crippen LogP contribution in [-0.4, -0.2) is 25.1 Å². The predicted molar refractivity (Wildman–Crippen MR) is 102 cm³/mol. The van der Waals surface area contributed by atoms with E-state index in [-0.39, 0.29) is 6.04 Å². The van der Waals surface area contributed by atoms with Crippen molar-refractivity contribution < 1.29 is 0 Å². The molecule has 0 unspecified atom stereocenters. The Bertz CT molecular complexity index is 1080. The smallest absolute Gasteiger partial charge is 0.232 e. The molecule has 4 N–H and O–H groups in total. The highest BCUT2D eigenvalue weighted by Crippen LogP contribution is 2.35. The first-order chi connectivity index (χ1) is 12.8. The van der Waals surface area contributed by atoms with Gasteiger partial charge in [0.2, 0.25) is 5.95 Å². The first-order valence-corrected chi connectivity index (χ1v) is 8.75. The van der Waals surface area contributed by atoms with Crippen LogP contribution in [0.25, 0.3) is 11.0 Å². The van der Waals surface area contributed by atoms with Gasteiger partial charge in [-0.2, -0.15) is 15.1 Å². The molecule has 1 aliphatic carbocycles. The minimum Gasteiger partial charge on any atom is -0.363 e. The first-order valence-electron chi connectivity index (χ1n) is 8.75. The van der Waals surface area contributed by atoms with Gasteiger partial charge in [-0.1, -0.05) is 24.3 Å². The van der Waals surface area contributed by atoms with E-state index < -0.39 is 0 Å². The van der Waals surface area contributed by atoms with E-state index in [4.69, 9.17) is 4.98 Å². The van der Waals surface area contributed by atoms with Crippen molar-refractivity contribution >= 4 is 28.6 Å². The summed E-state index contributed by atoms with van der Waals surface area (Å²) in [6.07, 6.45) is 4.04. The summed E-state index contributed by atoms with van der Waals surface area (Å²) in [5.74, 6) is 2.04. The van der Waals surface area contributed by atoms with Crippen LogP contribution in [0.15, 0.2) is 42.6 Å². The van der Waals surface area contributed by atoms with Crippen LogP contribution in [0.3, 0.4) is 0 Å². The Morgan fingerprint density at radius 2 is 2.08 bits per heavy atom. The lowest BCUT2D eigenvalue weighted by Gasteiger charge is -2.16. The van der Waals surface area contributed by atoms with Crippen LogP contribution < -0.4 is 10.6 Å². The molecule has 0 fully saturated rings. The van der Waals surface area contributed by atoms with Gasteiger partial charge in [-0.15, -0.1) is 0 Å². The van der Waals surface area contributed by atoms with Crippen LogP contribution in [0, 0.1) is 6.92 Å². The molecule has 3 aromatic heterocycles. The number of hydrogen-bond acceptors (Lipinski definition) is 5. The van der Waals surface area contributed by atoms with Crippen LogP contribution in [0.1, 0.15) is 29.3 Å². The molecular formula is C19H19N7. The molecule has 3 heterocycles. The van der Waals surface area contributed by atoms with Crippen molar-refractivity contribution in [2.45, 2.75) is 25.8 Å². The Balaban J connectivity index is 1.50. The maximum atomic E-state index is 4.71. The number of aryl methyl sites for hydroxylation is 2. The molecule has 0 amide bonds. The Kier molecular flexibility index (Phi) is 3.38. The molecule has 1 atom stereocenters. The van der Waals surface area contributed by atoms with Gasteiger partial charge >= 0.3 is 0 Å². The molecule has 1 aromatic carbocycles. The van der Waals surface area contributed by atoms with E-state index in [2.05, 4.69) is 55.1 Å². The molecule has 7 nitrogen and oxygen atoms in total. The summed E-state index contributed by atoms with van der Waals surface area (Å²) in [5, 5.41) is 14.9. The Hall–Kier alpha value is -3.35. The number of fused-ring (bicyclic) bond motifs is 2. The quantitative estimate of drug-likeness (QED) is 0.451. The average Bonchev–Trinajstić information content (AvgIpc) is 3.36. The fourth-order valence-corrected chi connectivity index (χ4v) is 3.58. The van der Waals surface area contributed by atoms with Crippen molar-refractivity contribution in [2.75, 3.05) is 10.6 Å². The zero-order valence-corrected chi connectivity index (χ0v) is 14.4. The number of rotatable bonds is 4. The van der Waals surface area contributed by atoms with E-state index in [1.165, 1.54) is 11.1 Å². The summed E-state index contributed by atoms with van der Waals surface area (Å²) in [5.41, 5.74) is 4.54. The predicted octanol–water partition coefficient (Wildman–Crippen LogP) is 3.83. The van der Waals surface area contributed by atoms with Crippen LogP contribution in [0.2, 0.25) is 0 Å². The summed E-state index contributed by atoms with van der Waals surface area (Å²) in [6.45, 7) is 1.96. The second kappa shape index (κ2) is 5.87. The monoisotopic (exact) mass is 345 g/mol. The van der Waals surface area contributed by atoms with E-state index in [1.54, 1.807) is 0 Å². The summed E-state index contributed by atoms with van der Waals surface area (Å²) < 4.78 is 0. The van der Waals surface area contributed by atoms with Gasteiger partial charge in [0.25, 0.3) is 0 Å². The minimum absolute atomic E-state index is 0.264. The zero-order valence-electron chi connectivity index (χ0n) is 14.4. The van der Waals surface area contributed by atoms with E-state index in [0.29, 0.717) is 11.8 Å². The number of aromatic amines is 2. The maximum Gasteiger partial charge on any atom is 0.232 e. The van der Waals surface area contributed by atoms with Crippen molar-refractivity contribution in [2.24, 2.45) is 0 Å². The highest BCUT2D eigenvalue weighted by molar-refractivity contribution is 5.88. The van der Waals surface area contributed by atoms with Crippen LogP contribution in [0.5, 0.6) is 0 Å². The number of hydrogen-bond donors (Lipinski definition) is 4. The highest BCUT2D eigenvalue weighted by Gasteiger charge is 2.23. The highest BCUT2D eigenvalue weighted by atomic mass is 15.2. The van der Waals surface area contributed by atoms with Crippen LogP contribution in [-0.2, 0) is 6.42 Å². The molecule has 0 bridgehead atoms. The largest absolute Gasteiger partial charge is 0.363 e. The Morgan fingerprint density at radius 3 is 2.96 bits per heavy atom. The lowest BCUT2D eigenvalue weighted by Crippen LogP contribution is -2.10. The lowest BCUT2D eigenvalue weighted by molar-refractivity contribution is 0.758. The van der Waals surface area contributed by atoms with Crippen molar-refractivity contribution in [1.82, 2.24) is 25.1 Å². The van der Waals surface area contributed by atoms with Crippen LogP contribution >= 0.6 is 0 Å². The SMILES string of the molecule is Cc1cc(Nc2nc(N[C@@H]3CCc4ccccc43)c3cc[nH]c3n2)n[nH]1. The van der Waals surface area contributed by atoms with Crippen molar-refractivity contribution in [3.63, 3.8) is 0 Å². The lowest BCUT2D eigenvalue weighted by atomic mass is 10.1. The number of nitrogens with zero attached hydrogens (tertiary/aromatic N) is 3. The number of benzene rings is 1. The summed E-state index contributed by atoms with van der Waals surface area (Å²) in [6, 6.07) is 12.8. The molecular weight excluding hydrogens is 326 g/mol.